The molecule has 3 aliphatic rings. The number of hydrogen-bond acceptors (Lipinski definition) is 7. The fraction of sp³-hybridized carbons (Fsp3) is 0.424. The van der Waals surface area contributed by atoms with Crippen LogP contribution in [0.2, 0.25) is 0 Å². The minimum atomic E-state index is -0.250. The molecule has 1 N–H and O–H groups in total. The van der Waals surface area contributed by atoms with Crippen molar-refractivity contribution in [2.24, 2.45) is 11.3 Å². The predicted molar refractivity (Wildman–Crippen MR) is 170 cm³/mol. The maximum absolute atomic E-state index is 13.5. The van der Waals surface area contributed by atoms with E-state index in [1.165, 1.54) is 30.2 Å². The van der Waals surface area contributed by atoms with E-state index in [-0.39, 0.29) is 35.1 Å². The molecule has 4 heterocycles. The molecule has 228 valence electrons. The molecule has 2 aliphatic carbocycles. The van der Waals surface area contributed by atoms with Crippen molar-refractivity contribution in [1.82, 2.24) is 19.4 Å². The first-order valence-electron chi connectivity index (χ1n) is 15.4. The Morgan fingerprint density at radius 1 is 1.16 bits per heavy atom. The summed E-state index contributed by atoms with van der Waals surface area (Å²) >= 11 is 1.33. The number of imidazole rings is 1. The fourth-order valence-corrected chi connectivity index (χ4v) is 8.16. The van der Waals surface area contributed by atoms with Gasteiger partial charge in [0.25, 0.3) is 5.91 Å². The summed E-state index contributed by atoms with van der Waals surface area (Å²) in [6.45, 7) is 5.11. The number of likely N-dealkylation sites (tertiary alicyclic amines) is 1. The van der Waals surface area contributed by atoms with Crippen molar-refractivity contribution >= 4 is 51.7 Å². The van der Waals surface area contributed by atoms with E-state index in [1.807, 2.05) is 36.2 Å². The van der Waals surface area contributed by atoms with Crippen LogP contribution in [0.3, 0.4) is 0 Å². The highest BCUT2D eigenvalue weighted by Crippen LogP contribution is 2.55. The molecule has 4 aromatic rings. The van der Waals surface area contributed by atoms with Crippen molar-refractivity contribution in [3.63, 3.8) is 0 Å². The number of fused-ring (bicyclic) bond motifs is 1. The quantitative estimate of drug-likeness (QED) is 0.246. The van der Waals surface area contributed by atoms with Crippen molar-refractivity contribution < 1.29 is 18.8 Å². The van der Waals surface area contributed by atoms with E-state index in [2.05, 4.69) is 21.4 Å². The standard InChI is InChI=1S/C33H36N6O4S/c1-3-29(40)38-14-13-33(19-38)16-23(17-33)39-25-10-9-22(37(2)31(42)21-7-5-4-6-8-21)15-24(25)35-32(39)36-30(41)28-12-11-27(44-28)26-18-34-20-43-26/h3,9-12,15,18,20-21,23H,1,4-8,13-14,16-17,19H2,2H3,(H,35,36,41). The van der Waals surface area contributed by atoms with Gasteiger partial charge in [-0.1, -0.05) is 25.8 Å². The van der Waals surface area contributed by atoms with Crippen LogP contribution in [0.1, 0.15) is 67.1 Å². The Morgan fingerprint density at radius 2 is 1.98 bits per heavy atom. The van der Waals surface area contributed by atoms with Crippen LogP contribution in [0, 0.1) is 11.3 Å². The maximum Gasteiger partial charge on any atom is 0.268 e. The van der Waals surface area contributed by atoms with E-state index in [0.717, 1.165) is 79.6 Å². The number of rotatable bonds is 7. The van der Waals surface area contributed by atoms with Gasteiger partial charge in [-0.2, -0.15) is 0 Å². The third-order valence-electron chi connectivity index (χ3n) is 9.70. The topological polar surface area (TPSA) is 114 Å². The first kappa shape index (κ1) is 28.5. The van der Waals surface area contributed by atoms with Crippen molar-refractivity contribution in [2.45, 2.75) is 57.4 Å². The number of hydrogen-bond donors (Lipinski definition) is 1. The molecule has 0 unspecified atom stereocenters. The second-order valence-corrected chi connectivity index (χ2v) is 13.6. The van der Waals surface area contributed by atoms with Crippen LogP contribution in [0.15, 0.2) is 60.0 Å². The summed E-state index contributed by atoms with van der Waals surface area (Å²) in [5.41, 5.74) is 2.50. The summed E-state index contributed by atoms with van der Waals surface area (Å²) in [7, 11) is 1.84. The zero-order chi connectivity index (χ0) is 30.4. The van der Waals surface area contributed by atoms with E-state index in [0.29, 0.717) is 16.6 Å². The van der Waals surface area contributed by atoms with Gasteiger partial charge in [-0.3, -0.25) is 19.7 Å². The van der Waals surface area contributed by atoms with Gasteiger partial charge in [-0.05, 0) is 73.9 Å². The molecule has 1 aromatic carbocycles. The molecule has 1 aliphatic heterocycles. The van der Waals surface area contributed by atoms with Crippen LogP contribution >= 0.6 is 11.3 Å². The predicted octanol–water partition coefficient (Wildman–Crippen LogP) is 6.29. The summed E-state index contributed by atoms with van der Waals surface area (Å²) in [4.78, 5) is 52.9. The lowest BCUT2D eigenvalue weighted by Gasteiger charge is -2.46. The molecule has 10 nitrogen and oxygen atoms in total. The zero-order valence-corrected chi connectivity index (χ0v) is 25.6. The summed E-state index contributed by atoms with van der Waals surface area (Å²) in [6.07, 6.45) is 12.4. The summed E-state index contributed by atoms with van der Waals surface area (Å²) < 4.78 is 7.53. The normalized spacial score (nSPS) is 21.8. The molecule has 11 heteroatoms. The van der Waals surface area contributed by atoms with Crippen molar-refractivity contribution in [3.8, 4) is 10.6 Å². The Kier molecular flexibility index (Phi) is 7.36. The summed E-state index contributed by atoms with van der Waals surface area (Å²) in [5, 5.41) is 3.08. The zero-order valence-electron chi connectivity index (χ0n) is 24.8. The molecule has 7 rings (SSSR count). The largest absolute Gasteiger partial charge is 0.443 e. The smallest absolute Gasteiger partial charge is 0.268 e. The highest BCUT2D eigenvalue weighted by molar-refractivity contribution is 7.17. The molecule has 3 amide bonds. The Labute approximate surface area is 259 Å². The molecule has 1 saturated heterocycles. The van der Waals surface area contributed by atoms with Crippen molar-refractivity contribution in [2.75, 3.05) is 30.4 Å². The molecule has 1 spiro atoms. The van der Waals surface area contributed by atoms with Gasteiger partial charge in [0, 0.05) is 37.8 Å². The summed E-state index contributed by atoms with van der Waals surface area (Å²) in [5.74, 6) is 1.04. The van der Waals surface area contributed by atoms with Gasteiger partial charge in [-0.25, -0.2) is 9.97 Å². The minimum absolute atomic E-state index is 0.0218. The number of benzene rings is 1. The first-order chi connectivity index (χ1) is 21.3. The van der Waals surface area contributed by atoms with Crippen molar-refractivity contribution in [3.05, 3.63) is 60.5 Å². The van der Waals surface area contributed by atoms with Crippen LogP contribution in [-0.2, 0) is 9.59 Å². The molecule has 3 fully saturated rings. The van der Waals surface area contributed by atoms with Crippen molar-refractivity contribution in [1.29, 1.82) is 0 Å². The lowest BCUT2D eigenvalue weighted by Crippen LogP contribution is -2.42. The van der Waals surface area contributed by atoms with Crippen LogP contribution in [0.4, 0.5) is 11.6 Å². The van der Waals surface area contributed by atoms with Gasteiger partial charge < -0.3 is 18.8 Å². The molecular weight excluding hydrogens is 576 g/mol. The van der Waals surface area contributed by atoms with Crippen LogP contribution in [0.5, 0.6) is 0 Å². The third kappa shape index (κ3) is 5.12. The Bertz CT molecular complexity index is 1730. The van der Waals surface area contributed by atoms with E-state index < -0.39 is 0 Å². The average Bonchev–Trinajstić information content (AvgIpc) is 3.85. The third-order valence-corrected chi connectivity index (χ3v) is 10.8. The number of anilines is 2. The number of oxazole rings is 1. The SMILES string of the molecule is C=CC(=O)N1CCC2(CC(n3c(NC(=O)c4ccc(-c5cnco5)s4)nc4cc(N(C)C(=O)C5CCCCC5)ccc43)C2)C1. The van der Waals surface area contributed by atoms with Gasteiger partial charge in [-0.15, -0.1) is 11.3 Å². The van der Waals surface area contributed by atoms with E-state index in [9.17, 15) is 14.4 Å². The highest BCUT2D eigenvalue weighted by atomic mass is 32.1. The second-order valence-electron chi connectivity index (χ2n) is 12.5. The van der Waals surface area contributed by atoms with Gasteiger partial charge in [0.2, 0.25) is 17.8 Å². The second kappa shape index (κ2) is 11.4. The Morgan fingerprint density at radius 3 is 2.73 bits per heavy atom. The Balaban J connectivity index is 1.17. The van der Waals surface area contributed by atoms with Gasteiger partial charge >= 0.3 is 0 Å². The number of nitrogens with zero attached hydrogens (tertiary/aromatic N) is 5. The fourth-order valence-electron chi connectivity index (χ4n) is 7.31. The number of nitrogens with one attached hydrogen (secondary N) is 1. The lowest BCUT2D eigenvalue weighted by molar-refractivity contribution is -0.126. The number of carbonyl (C=O) groups is 3. The molecule has 2 saturated carbocycles. The molecule has 0 atom stereocenters. The molecule has 44 heavy (non-hydrogen) atoms. The first-order valence-corrected chi connectivity index (χ1v) is 16.2. The number of amides is 3. The Hall–Kier alpha value is -4.25. The molecular formula is C33H36N6O4S. The highest BCUT2D eigenvalue weighted by Gasteiger charge is 2.50. The lowest BCUT2D eigenvalue weighted by atomic mass is 9.65. The van der Waals surface area contributed by atoms with Gasteiger partial charge in [0.1, 0.15) is 0 Å². The number of carbonyl (C=O) groups excluding carboxylic acids is 3. The van der Waals surface area contributed by atoms with Crippen LogP contribution in [-0.4, -0.2) is 57.3 Å². The van der Waals surface area contributed by atoms with E-state index >= 15 is 0 Å². The van der Waals surface area contributed by atoms with E-state index in [1.54, 1.807) is 17.2 Å². The molecule has 0 radical (unpaired) electrons. The average molecular weight is 613 g/mol. The molecule has 0 bridgehead atoms. The van der Waals surface area contributed by atoms with Crippen LogP contribution < -0.4 is 10.2 Å². The monoisotopic (exact) mass is 612 g/mol. The summed E-state index contributed by atoms with van der Waals surface area (Å²) in [6, 6.07) is 9.68. The number of thiophene rings is 1. The van der Waals surface area contributed by atoms with E-state index in [4.69, 9.17) is 9.40 Å². The molecule has 3 aromatic heterocycles. The van der Waals surface area contributed by atoms with Gasteiger partial charge in [0.15, 0.2) is 12.2 Å². The maximum atomic E-state index is 13.5. The van der Waals surface area contributed by atoms with Gasteiger partial charge in [0.05, 0.1) is 27.0 Å². The minimum Gasteiger partial charge on any atom is -0.443 e. The van der Waals surface area contributed by atoms with Crippen LogP contribution in [0.25, 0.3) is 21.7 Å². The number of aromatic nitrogens is 3.